The van der Waals surface area contributed by atoms with E-state index in [1.807, 2.05) is 6.20 Å². The molecule has 0 aliphatic carbocycles. The highest BCUT2D eigenvalue weighted by atomic mass is 15.2. The van der Waals surface area contributed by atoms with Crippen molar-refractivity contribution in [3.05, 3.63) is 23.9 Å². The second-order valence-electron chi connectivity index (χ2n) is 5.11. The van der Waals surface area contributed by atoms with E-state index in [0.29, 0.717) is 6.04 Å². The summed E-state index contributed by atoms with van der Waals surface area (Å²) < 4.78 is 0. The maximum Gasteiger partial charge on any atom is 0.128 e. The molecule has 108 valence electrons. The average Bonchev–Trinajstić information content (AvgIpc) is 2.44. The molecule has 3 nitrogen and oxygen atoms in total. The van der Waals surface area contributed by atoms with Gasteiger partial charge < -0.3 is 10.2 Å². The van der Waals surface area contributed by atoms with Crippen molar-refractivity contribution in [3.8, 4) is 0 Å². The maximum absolute atomic E-state index is 4.63. The predicted octanol–water partition coefficient (Wildman–Crippen LogP) is 3.77. The van der Waals surface area contributed by atoms with Crippen LogP contribution in [-0.4, -0.2) is 24.6 Å². The molecule has 1 N–H and O–H groups in total. The van der Waals surface area contributed by atoms with Crippen molar-refractivity contribution in [2.24, 2.45) is 0 Å². The van der Waals surface area contributed by atoms with Gasteiger partial charge in [-0.3, -0.25) is 0 Å². The molecule has 1 aromatic rings. The van der Waals surface area contributed by atoms with Gasteiger partial charge in [-0.2, -0.15) is 0 Å². The molecule has 19 heavy (non-hydrogen) atoms. The van der Waals surface area contributed by atoms with Crippen LogP contribution >= 0.6 is 0 Å². The zero-order valence-corrected chi connectivity index (χ0v) is 12.9. The monoisotopic (exact) mass is 263 g/mol. The van der Waals surface area contributed by atoms with E-state index >= 15 is 0 Å². The van der Waals surface area contributed by atoms with Crippen LogP contribution in [0.25, 0.3) is 0 Å². The van der Waals surface area contributed by atoms with Gasteiger partial charge >= 0.3 is 0 Å². The van der Waals surface area contributed by atoms with E-state index in [1.54, 1.807) is 0 Å². The normalized spacial score (nSPS) is 12.4. The van der Waals surface area contributed by atoms with Crippen molar-refractivity contribution < 1.29 is 0 Å². The van der Waals surface area contributed by atoms with E-state index < -0.39 is 0 Å². The lowest BCUT2D eigenvalue weighted by atomic mass is 10.1. The van der Waals surface area contributed by atoms with Crippen molar-refractivity contribution >= 4 is 5.82 Å². The Bertz CT molecular complexity index is 328. The van der Waals surface area contributed by atoms with Gasteiger partial charge in [0.25, 0.3) is 0 Å². The fourth-order valence-electron chi connectivity index (χ4n) is 2.20. The fourth-order valence-corrected chi connectivity index (χ4v) is 2.20. The molecule has 0 bridgehead atoms. The Morgan fingerprint density at radius 3 is 2.26 bits per heavy atom. The largest absolute Gasteiger partial charge is 0.357 e. The molecule has 0 radical (unpaired) electrons. The quantitative estimate of drug-likeness (QED) is 0.735. The Hall–Kier alpha value is -1.09. The van der Waals surface area contributed by atoms with Crippen molar-refractivity contribution in [2.75, 3.05) is 24.5 Å². The summed E-state index contributed by atoms with van der Waals surface area (Å²) in [6, 6.07) is 4.74. The minimum atomic E-state index is 0.382. The van der Waals surface area contributed by atoms with Crippen molar-refractivity contribution in [2.45, 2.75) is 53.0 Å². The first-order valence-electron chi connectivity index (χ1n) is 7.67. The summed E-state index contributed by atoms with van der Waals surface area (Å²) in [5.41, 5.74) is 1.27. The Labute approximate surface area is 118 Å². The molecule has 0 aromatic carbocycles. The minimum absolute atomic E-state index is 0.382. The van der Waals surface area contributed by atoms with E-state index in [9.17, 15) is 0 Å². The number of nitrogens with one attached hydrogen (secondary N) is 1. The summed E-state index contributed by atoms with van der Waals surface area (Å²) >= 11 is 0. The molecular weight excluding hydrogens is 234 g/mol. The summed E-state index contributed by atoms with van der Waals surface area (Å²) in [6.07, 6.45) is 5.51. The number of rotatable bonds is 9. The van der Waals surface area contributed by atoms with Gasteiger partial charge in [-0.1, -0.05) is 26.8 Å². The van der Waals surface area contributed by atoms with Crippen molar-refractivity contribution in [3.63, 3.8) is 0 Å². The van der Waals surface area contributed by atoms with Crippen LogP contribution in [0.15, 0.2) is 18.3 Å². The first-order valence-corrected chi connectivity index (χ1v) is 7.67. The lowest BCUT2D eigenvalue weighted by Gasteiger charge is -2.23. The molecule has 0 saturated carbocycles. The SMILES string of the molecule is CCCNC(C)c1ccc(N(CCC)CCC)nc1. The Kier molecular flexibility index (Phi) is 7.49. The van der Waals surface area contributed by atoms with Crippen LogP contribution in [0.4, 0.5) is 5.82 Å². The summed E-state index contributed by atoms with van der Waals surface area (Å²) in [4.78, 5) is 7.00. The zero-order chi connectivity index (χ0) is 14.1. The molecule has 1 rings (SSSR count). The Morgan fingerprint density at radius 1 is 1.11 bits per heavy atom. The van der Waals surface area contributed by atoms with Crippen LogP contribution in [0.1, 0.15) is 58.6 Å². The maximum atomic E-state index is 4.63. The molecule has 0 fully saturated rings. The minimum Gasteiger partial charge on any atom is -0.357 e. The van der Waals surface area contributed by atoms with E-state index in [4.69, 9.17) is 0 Å². The second kappa shape index (κ2) is 8.92. The van der Waals surface area contributed by atoms with Crippen LogP contribution in [0.3, 0.4) is 0 Å². The van der Waals surface area contributed by atoms with Gasteiger partial charge in [0.05, 0.1) is 0 Å². The molecule has 1 heterocycles. The molecule has 0 aliphatic heterocycles. The molecular formula is C16H29N3. The van der Waals surface area contributed by atoms with Crippen LogP contribution in [0.5, 0.6) is 0 Å². The summed E-state index contributed by atoms with van der Waals surface area (Å²) in [5.74, 6) is 1.11. The average molecular weight is 263 g/mol. The summed E-state index contributed by atoms with van der Waals surface area (Å²) in [6.45, 7) is 12.0. The highest BCUT2D eigenvalue weighted by molar-refractivity contribution is 5.39. The number of nitrogens with zero attached hydrogens (tertiary/aromatic N) is 2. The lowest BCUT2D eigenvalue weighted by molar-refractivity contribution is 0.569. The number of aromatic nitrogens is 1. The molecule has 1 aromatic heterocycles. The number of hydrogen-bond donors (Lipinski definition) is 1. The first-order chi connectivity index (χ1) is 9.22. The lowest BCUT2D eigenvalue weighted by Crippen LogP contribution is -2.26. The molecule has 0 amide bonds. The highest BCUT2D eigenvalue weighted by Gasteiger charge is 2.08. The third-order valence-corrected chi connectivity index (χ3v) is 3.28. The number of anilines is 1. The first kappa shape index (κ1) is 16.0. The van der Waals surface area contributed by atoms with Gasteiger partial charge in [0, 0.05) is 25.3 Å². The topological polar surface area (TPSA) is 28.2 Å². The third kappa shape index (κ3) is 5.19. The Balaban J connectivity index is 2.67. The summed E-state index contributed by atoms with van der Waals surface area (Å²) in [5, 5.41) is 3.49. The Morgan fingerprint density at radius 2 is 1.79 bits per heavy atom. The van der Waals surface area contributed by atoms with Crippen molar-refractivity contribution in [1.82, 2.24) is 10.3 Å². The smallest absolute Gasteiger partial charge is 0.128 e. The van der Waals surface area contributed by atoms with Crippen LogP contribution in [-0.2, 0) is 0 Å². The van der Waals surface area contributed by atoms with Crippen molar-refractivity contribution in [1.29, 1.82) is 0 Å². The van der Waals surface area contributed by atoms with E-state index in [2.05, 4.69) is 55.0 Å². The van der Waals surface area contributed by atoms with Gasteiger partial charge in [0.1, 0.15) is 5.82 Å². The number of pyridine rings is 1. The molecule has 1 atom stereocenters. The van der Waals surface area contributed by atoms with Crippen LogP contribution in [0, 0.1) is 0 Å². The highest BCUT2D eigenvalue weighted by Crippen LogP contribution is 2.16. The van der Waals surface area contributed by atoms with Gasteiger partial charge in [-0.25, -0.2) is 4.98 Å². The number of hydrogen-bond acceptors (Lipinski definition) is 3. The molecule has 3 heteroatoms. The summed E-state index contributed by atoms with van der Waals surface area (Å²) in [7, 11) is 0. The predicted molar refractivity (Wildman–Crippen MR) is 83.7 cm³/mol. The third-order valence-electron chi connectivity index (χ3n) is 3.28. The van der Waals surface area contributed by atoms with Gasteiger partial charge in [-0.05, 0) is 44.4 Å². The van der Waals surface area contributed by atoms with Gasteiger partial charge in [0.2, 0.25) is 0 Å². The molecule has 0 spiro atoms. The van der Waals surface area contributed by atoms with Gasteiger partial charge in [-0.15, -0.1) is 0 Å². The second-order valence-corrected chi connectivity index (χ2v) is 5.11. The zero-order valence-electron chi connectivity index (χ0n) is 12.9. The van der Waals surface area contributed by atoms with Crippen LogP contribution in [0.2, 0.25) is 0 Å². The van der Waals surface area contributed by atoms with E-state index in [1.165, 1.54) is 5.56 Å². The van der Waals surface area contributed by atoms with E-state index in [-0.39, 0.29) is 0 Å². The fraction of sp³-hybridized carbons (Fsp3) is 0.688. The molecule has 0 saturated heterocycles. The standard InChI is InChI=1S/C16H29N3/c1-5-10-17-14(4)15-8-9-16(18-13-15)19(11-6-2)12-7-3/h8-9,13-14,17H,5-7,10-12H2,1-4H3. The van der Waals surface area contributed by atoms with Gasteiger partial charge in [0.15, 0.2) is 0 Å². The van der Waals surface area contributed by atoms with Crippen LogP contribution < -0.4 is 10.2 Å². The van der Waals surface area contributed by atoms with E-state index in [0.717, 1.165) is 44.7 Å². The molecule has 0 aliphatic rings. The molecule has 1 unspecified atom stereocenters.